The summed E-state index contributed by atoms with van der Waals surface area (Å²) in [6.07, 6.45) is 0.433. The van der Waals surface area contributed by atoms with Gasteiger partial charge in [-0.05, 0) is 11.1 Å². The van der Waals surface area contributed by atoms with Gasteiger partial charge in [0.2, 0.25) is 0 Å². The predicted octanol–water partition coefficient (Wildman–Crippen LogP) is 2.26. The Morgan fingerprint density at radius 3 is 2.29 bits per heavy atom. The lowest BCUT2D eigenvalue weighted by Crippen LogP contribution is -2.32. The van der Waals surface area contributed by atoms with E-state index in [1.165, 1.54) is 12.1 Å². The summed E-state index contributed by atoms with van der Waals surface area (Å²) in [5.41, 5.74) is 1.59. The van der Waals surface area contributed by atoms with Crippen LogP contribution in [-0.2, 0) is 17.8 Å². The highest BCUT2D eigenvalue weighted by atomic mass is 16.6. The van der Waals surface area contributed by atoms with Crippen molar-refractivity contribution < 1.29 is 14.5 Å². The lowest BCUT2D eigenvalue weighted by molar-refractivity contribution is -0.384. The summed E-state index contributed by atoms with van der Waals surface area (Å²) in [5.74, 6) is -0.290. The Balaban J connectivity index is 1.69. The first-order valence-corrected chi connectivity index (χ1v) is 7.44. The fourth-order valence-electron chi connectivity index (χ4n) is 2.62. The molecule has 1 fully saturated rings. The average Bonchev–Trinajstić information content (AvgIpc) is 2.84. The number of hydrogen-bond donors (Lipinski definition) is 1. The average molecular weight is 325 g/mol. The van der Waals surface area contributed by atoms with Crippen molar-refractivity contribution in [1.82, 2.24) is 10.2 Å². The number of imide groups is 1. The number of amides is 3. The minimum atomic E-state index is -0.585. The number of rotatable bonds is 5. The molecule has 1 aliphatic rings. The van der Waals surface area contributed by atoms with Crippen LogP contribution < -0.4 is 5.32 Å². The number of benzene rings is 2. The second-order valence-corrected chi connectivity index (χ2v) is 5.54. The van der Waals surface area contributed by atoms with Gasteiger partial charge >= 0.3 is 6.03 Å². The summed E-state index contributed by atoms with van der Waals surface area (Å²) in [5, 5.41) is 13.3. The van der Waals surface area contributed by atoms with Crippen LogP contribution in [-0.4, -0.2) is 27.8 Å². The maximum atomic E-state index is 12.4. The number of nitrogens with one attached hydrogen (secondary N) is 1. The van der Waals surface area contributed by atoms with Gasteiger partial charge in [-0.1, -0.05) is 42.5 Å². The third kappa shape index (κ3) is 3.24. The van der Waals surface area contributed by atoms with Crippen molar-refractivity contribution in [2.24, 2.45) is 0 Å². The van der Waals surface area contributed by atoms with Gasteiger partial charge in [0.1, 0.15) is 6.04 Å². The van der Waals surface area contributed by atoms with Crippen LogP contribution in [0.3, 0.4) is 0 Å². The van der Waals surface area contributed by atoms with Crippen molar-refractivity contribution in [2.45, 2.75) is 19.0 Å². The molecule has 0 spiro atoms. The van der Waals surface area contributed by atoms with Gasteiger partial charge in [0.25, 0.3) is 11.6 Å². The van der Waals surface area contributed by atoms with Crippen LogP contribution in [0.4, 0.5) is 10.5 Å². The molecule has 1 saturated heterocycles. The van der Waals surface area contributed by atoms with Gasteiger partial charge in [-0.15, -0.1) is 0 Å². The number of nitrogens with zero attached hydrogens (tertiary/aromatic N) is 2. The quantitative estimate of drug-likeness (QED) is 0.518. The Bertz CT molecular complexity index is 774. The van der Waals surface area contributed by atoms with E-state index in [0.717, 1.165) is 10.5 Å². The summed E-state index contributed by atoms with van der Waals surface area (Å²) in [7, 11) is 0. The number of non-ortho nitro benzene ring substituents is 1. The number of carbonyl (C=O) groups is 2. The zero-order chi connectivity index (χ0) is 17.1. The zero-order valence-electron chi connectivity index (χ0n) is 12.7. The van der Waals surface area contributed by atoms with E-state index in [0.29, 0.717) is 12.0 Å². The van der Waals surface area contributed by atoms with Crippen LogP contribution in [0.15, 0.2) is 54.6 Å². The minimum absolute atomic E-state index is 0.0297. The highest BCUT2D eigenvalue weighted by Gasteiger charge is 2.37. The van der Waals surface area contributed by atoms with E-state index >= 15 is 0 Å². The normalized spacial score (nSPS) is 17.0. The molecule has 1 N–H and O–H groups in total. The Morgan fingerprint density at radius 2 is 1.67 bits per heavy atom. The lowest BCUT2D eigenvalue weighted by atomic mass is 10.1. The van der Waals surface area contributed by atoms with Crippen molar-refractivity contribution in [3.8, 4) is 0 Å². The van der Waals surface area contributed by atoms with Crippen LogP contribution in [0.25, 0.3) is 0 Å². The van der Waals surface area contributed by atoms with Gasteiger partial charge in [0.05, 0.1) is 11.5 Å². The molecule has 0 aromatic heterocycles. The molecule has 1 atom stereocenters. The summed E-state index contributed by atoms with van der Waals surface area (Å²) < 4.78 is 0. The topological polar surface area (TPSA) is 92.6 Å². The monoisotopic (exact) mass is 325 g/mol. The number of carbonyl (C=O) groups excluding carboxylic acids is 2. The molecule has 122 valence electrons. The Labute approximate surface area is 138 Å². The third-order valence-electron chi connectivity index (χ3n) is 3.88. The molecule has 0 saturated carbocycles. The van der Waals surface area contributed by atoms with Gasteiger partial charge in [-0.25, -0.2) is 4.79 Å². The summed E-state index contributed by atoms with van der Waals surface area (Å²) in [6.45, 7) is 0.0912. The van der Waals surface area contributed by atoms with Gasteiger partial charge in [-0.2, -0.15) is 0 Å². The molecule has 1 aliphatic heterocycles. The molecule has 0 radical (unpaired) electrons. The molecule has 3 rings (SSSR count). The SMILES string of the molecule is O=C1N[C@H](Cc2ccccc2)C(=O)N1Cc1ccc([N+](=O)[O-])cc1. The first-order valence-electron chi connectivity index (χ1n) is 7.44. The lowest BCUT2D eigenvalue weighted by Gasteiger charge is -2.13. The Kier molecular flexibility index (Phi) is 4.24. The largest absolute Gasteiger partial charge is 0.325 e. The molecule has 0 aliphatic carbocycles. The van der Waals surface area contributed by atoms with Crippen molar-refractivity contribution in [3.63, 3.8) is 0 Å². The van der Waals surface area contributed by atoms with Crippen molar-refractivity contribution >= 4 is 17.6 Å². The Hall–Kier alpha value is -3.22. The third-order valence-corrected chi connectivity index (χ3v) is 3.88. The molecule has 0 bridgehead atoms. The molecule has 2 aromatic rings. The molecular formula is C17H15N3O4. The fraction of sp³-hybridized carbons (Fsp3) is 0.176. The van der Waals surface area contributed by atoms with Crippen molar-refractivity contribution in [2.75, 3.05) is 0 Å². The standard InChI is InChI=1S/C17H15N3O4/c21-16-15(10-12-4-2-1-3-5-12)18-17(22)19(16)11-13-6-8-14(9-7-13)20(23)24/h1-9,15H,10-11H2,(H,18,22)/t15-/m1/s1. The van der Waals surface area contributed by atoms with Crippen LogP contribution in [0.5, 0.6) is 0 Å². The second kappa shape index (κ2) is 6.49. The maximum Gasteiger partial charge on any atom is 0.325 e. The summed E-state index contributed by atoms with van der Waals surface area (Å²) in [6, 6.07) is 14.2. The van der Waals surface area contributed by atoms with Crippen LogP contribution in [0, 0.1) is 10.1 Å². The molecule has 24 heavy (non-hydrogen) atoms. The molecule has 0 unspecified atom stereocenters. The molecule has 3 amide bonds. The number of nitro groups is 1. The highest BCUT2D eigenvalue weighted by Crippen LogP contribution is 2.17. The molecular weight excluding hydrogens is 310 g/mol. The highest BCUT2D eigenvalue weighted by molar-refractivity contribution is 6.04. The van der Waals surface area contributed by atoms with E-state index in [2.05, 4.69) is 5.32 Å². The van der Waals surface area contributed by atoms with Gasteiger partial charge in [0, 0.05) is 18.6 Å². The van der Waals surface area contributed by atoms with E-state index < -0.39 is 17.0 Å². The molecule has 1 heterocycles. The number of urea groups is 1. The van der Waals surface area contributed by atoms with Crippen molar-refractivity contribution in [1.29, 1.82) is 0 Å². The van der Waals surface area contributed by atoms with E-state index in [1.807, 2.05) is 30.3 Å². The molecule has 2 aromatic carbocycles. The fourth-order valence-corrected chi connectivity index (χ4v) is 2.62. The minimum Gasteiger partial charge on any atom is -0.325 e. The van der Waals surface area contributed by atoms with E-state index in [4.69, 9.17) is 0 Å². The van der Waals surface area contributed by atoms with Gasteiger partial charge in [0.15, 0.2) is 0 Å². The summed E-state index contributed by atoms with van der Waals surface area (Å²) in [4.78, 5) is 35.8. The first kappa shape index (κ1) is 15.7. The zero-order valence-corrected chi connectivity index (χ0v) is 12.7. The maximum absolute atomic E-state index is 12.4. The predicted molar refractivity (Wildman–Crippen MR) is 86.1 cm³/mol. The van der Waals surface area contributed by atoms with Crippen molar-refractivity contribution in [3.05, 3.63) is 75.8 Å². The van der Waals surface area contributed by atoms with Gasteiger partial charge < -0.3 is 5.32 Å². The summed E-state index contributed by atoms with van der Waals surface area (Å²) >= 11 is 0. The van der Waals surface area contributed by atoms with E-state index in [9.17, 15) is 19.7 Å². The molecule has 7 nitrogen and oxygen atoms in total. The molecule has 7 heteroatoms. The second-order valence-electron chi connectivity index (χ2n) is 5.54. The van der Waals surface area contributed by atoms with Crippen LogP contribution >= 0.6 is 0 Å². The number of hydrogen-bond acceptors (Lipinski definition) is 4. The van der Waals surface area contributed by atoms with E-state index in [-0.39, 0.29) is 18.1 Å². The van der Waals surface area contributed by atoms with Gasteiger partial charge in [-0.3, -0.25) is 19.8 Å². The smallest absolute Gasteiger partial charge is 0.325 e. The van der Waals surface area contributed by atoms with Crippen LogP contribution in [0.2, 0.25) is 0 Å². The van der Waals surface area contributed by atoms with Crippen LogP contribution in [0.1, 0.15) is 11.1 Å². The number of nitro benzene ring substituents is 1. The van der Waals surface area contributed by atoms with E-state index in [1.54, 1.807) is 12.1 Å². The first-order chi connectivity index (χ1) is 11.5. The Morgan fingerprint density at radius 1 is 1.00 bits per heavy atom.